The van der Waals surface area contributed by atoms with Gasteiger partial charge in [-0.15, -0.1) is 0 Å². The summed E-state index contributed by atoms with van der Waals surface area (Å²) in [5.41, 5.74) is 1.06. The van der Waals surface area contributed by atoms with Crippen LogP contribution in [0.1, 0.15) is 43.8 Å². The minimum absolute atomic E-state index is 0.202. The lowest BCUT2D eigenvalue weighted by Gasteiger charge is -2.15. The zero-order chi connectivity index (χ0) is 12.4. The molecule has 1 N–H and O–H groups in total. The highest BCUT2D eigenvalue weighted by molar-refractivity contribution is 7.99. The Kier molecular flexibility index (Phi) is 3.94. The van der Waals surface area contributed by atoms with E-state index in [0.29, 0.717) is 12.0 Å². The van der Waals surface area contributed by atoms with E-state index in [4.69, 9.17) is 0 Å². The van der Waals surface area contributed by atoms with Crippen LogP contribution < -0.4 is 0 Å². The van der Waals surface area contributed by atoms with Gasteiger partial charge in [-0.1, -0.05) is 12.8 Å². The molecule has 3 nitrogen and oxygen atoms in total. The summed E-state index contributed by atoms with van der Waals surface area (Å²) in [5, 5.41) is 14.9. The van der Waals surface area contributed by atoms with Crippen LogP contribution in [0.25, 0.3) is 0 Å². The molecule has 4 heteroatoms. The molecule has 0 amide bonds. The molecule has 2 heterocycles. The molecule has 1 aliphatic carbocycles. The van der Waals surface area contributed by atoms with E-state index in [1.54, 1.807) is 0 Å². The number of aliphatic hydroxyl groups excluding tert-OH is 1. The second kappa shape index (κ2) is 5.66. The highest BCUT2D eigenvalue weighted by atomic mass is 32.2. The highest BCUT2D eigenvalue weighted by Crippen LogP contribution is 2.30. The van der Waals surface area contributed by atoms with E-state index in [1.807, 2.05) is 11.8 Å². The Labute approximate surface area is 113 Å². The fraction of sp³-hybridized carbons (Fsp3) is 0.786. The fourth-order valence-corrected chi connectivity index (χ4v) is 4.42. The molecule has 1 saturated carbocycles. The van der Waals surface area contributed by atoms with Crippen molar-refractivity contribution in [1.82, 2.24) is 9.78 Å². The van der Waals surface area contributed by atoms with Crippen molar-refractivity contribution in [1.29, 1.82) is 0 Å². The molecule has 0 radical (unpaired) electrons. The number of aliphatic hydroxyl groups is 1. The highest BCUT2D eigenvalue weighted by Gasteiger charge is 2.25. The van der Waals surface area contributed by atoms with Gasteiger partial charge in [-0.25, -0.2) is 0 Å². The Morgan fingerprint density at radius 1 is 1.39 bits per heavy atom. The first-order chi connectivity index (χ1) is 8.83. The summed E-state index contributed by atoms with van der Waals surface area (Å²) in [6, 6.07) is 2.70. The van der Waals surface area contributed by atoms with E-state index in [0.717, 1.165) is 24.3 Å². The maximum atomic E-state index is 10.2. The molecule has 2 atom stereocenters. The third-order valence-electron chi connectivity index (χ3n) is 4.29. The van der Waals surface area contributed by atoms with Crippen LogP contribution in [0.5, 0.6) is 0 Å². The molecule has 2 unspecified atom stereocenters. The summed E-state index contributed by atoms with van der Waals surface area (Å²) in [6.45, 7) is 0. The first-order valence-corrected chi connectivity index (χ1v) is 8.28. The lowest BCUT2D eigenvalue weighted by atomic mass is 9.98. The van der Waals surface area contributed by atoms with Gasteiger partial charge in [-0.3, -0.25) is 4.68 Å². The second-order valence-electron chi connectivity index (χ2n) is 5.62. The second-order valence-corrected chi connectivity index (χ2v) is 6.77. The number of thioether (sulfide) groups is 1. The molecule has 0 bridgehead atoms. The average Bonchev–Trinajstić information content (AvgIpc) is 3.12. The van der Waals surface area contributed by atoms with Crippen LogP contribution in [0.4, 0.5) is 0 Å². The molecule has 2 aliphatic rings. The Bertz CT molecular complexity index is 381. The normalized spacial score (nSPS) is 26.8. The molecule has 0 aromatic carbocycles. The molecule has 18 heavy (non-hydrogen) atoms. The molecule has 1 saturated heterocycles. The van der Waals surface area contributed by atoms with Crippen molar-refractivity contribution >= 4 is 11.8 Å². The summed E-state index contributed by atoms with van der Waals surface area (Å²) < 4.78 is 2.12. The monoisotopic (exact) mass is 266 g/mol. The predicted octanol–water partition coefficient (Wildman–Crippen LogP) is 2.65. The Balaban J connectivity index is 1.58. The van der Waals surface area contributed by atoms with Crippen molar-refractivity contribution in [3.63, 3.8) is 0 Å². The summed E-state index contributed by atoms with van der Waals surface area (Å²) >= 11 is 1.96. The molecule has 2 fully saturated rings. The van der Waals surface area contributed by atoms with Crippen molar-refractivity contribution in [2.75, 3.05) is 11.5 Å². The van der Waals surface area contributed by atoms with Gasteiger partial charge in [-0.2, -0.15) is 16.9 Å². The lowest BCUT2D eigenvalue weighted by molar-refractivity contribution is 0.119. The van der Waals surface area contributed by atoms with Crippen LogP contribution in [-0.4, -0.2) is 32.5 Å². The summed E-state index contributed by atoms with van der Waals surface area (Å²) in [5.74, 6) is 2.80. The van der Waals surface area contributed by atoms with Crippen molar-refractivity contribution in [2.24, 2.45) is 5.92 Å². The number of hydrogen-bond donors (Lipinski definition) is 1. The smallest absolute Gasteiger partial charge is 0.0650 e. The number of hydrogen-bond acceptors (Lipinski definition) is 3. The standard InChI is InChI=1S/C14H22N2OS/c17-14(11-6-8-18-10-11)9-12-5-7-16(15-12)13-3-1-2-4-13/h5,7,11,13-14,17H,1-4,6,8-10H2. The number of nitrogens with zero attached hydrogens (tertiary/aromatic N) is 2. The van der Waals surface area contributed by atoms with Crippen LogP contribution in [0, 0.1) is 5.92 Å². The average molecular weight is 266 g/mol. The molecule has 3 rings (SSSR count). The fourth-order valence-electron chi connectivity index (χ4n) is 3.10. The van der Waals surface area contributed by atoms with Gasteiger partial charge in [0.25, 0.3) is 0 Å². The van der Waals surface area contributed by atoms with E-state index in [2.05, 4.69) is 22.0 Å². The van der Waals surface area contributed by atoms with Crippen LogP contribution in [-0.2, 0) is 6.42 Å². The molecule has 1 aromatic rings. The van der Waals surface area contributed by atoms with E-state index in [9.17, 15) is 5.11 Å². The third kappa shape index (κ3) is 2.75. The van der Waals surface area contributed by atoms with Gasteiger partial charge < -0.3 is 5.11 Å². The summed E-state index contributed by atoms with van der Waals surface area (Å²) in [7, 11) is 0. The van der Waals surface area contributed by atoms with E-state index in [1.165, 1.54) is 31.4 Å². The minimum Gasteiger partial charge on any atom is -0.392 e. The van der Waals surface area contributed by atoms with Gasteiger partial charge in [0, 0.05) is 12.6 Å². The van der Waals surface area contributed by atoms with Gasteiger partial charge in [-0.05, 0) is 42.8 Å². The maximum Gasteiger partial charge on any atom is 0.0650 e. The lowest BCUT2D eigenvalue weighted by Crippen LogP contribution is -2.22. The minimum atomic E-state index is -0.202. The van der Waals surface area contributed by atoms with Crippen LogP contribution in [0.3, 0.4) is 0 Å². The van der Waals surface area contributed by atoms with Crippen molar-refractivity contribution in [3.05, 3.63) is 18.0 Å². The van der Waals surface area contributed by atoms with E-state index < -0.39 is 0 Å². The Hall–Kier alpha value is -0.480. The van der Waals surface area contributed by atoms with E-state index in [-0.39, 0.29) is 6.10 Å². The Morgan fingerprint density at radius 2 is 2.22 bits per heavy atom. The molecular formula is C14H22N2OS. The topological polar surface area (TPSA) is 38.0 Å². The summed E-state index contributed by atoms with van der Waals surface area (Å²) in [4.78, 5) is 0. The third-order valence-corrected chi connectivity index (χ3v) is 5.48. The Morgan fingerprint density at radius 3 is 2.94 bits per heavy atom. The van der Waals surface area contributed by atoms with Gasteiger partial charge in [0.05, 0.1) is 17.8 Å². The quantitative estimate of drug-likeness (QED) is 0.910. The number of aromatic nitrogens is 2. The zero-order valence-corrected chi connectivity index (χ0v) is 11.6. The molecule has 100 valence electrons. The van der Waals surface area contributed by atoms with Gasteiger partial charge >= 0.3 is 0 Å². The number of rotatable bonds is 4. The van der Waals surface area contributed by atoms with Gasteiger partial charge in [0.2, 0.25) is 0 Å². The zero-order valence-electron chi connectivity index (χ0n) is 10.8. The largest absolute Gasteiger partial charge is 0.392 e. The first-order valence-electron chi connectivity index (χ1n) is 7.13. The van der Waals surface area contributed by atoms with Gasteiger partial charge in [0.15, 0.2) is 0 Å². The van der Waals surface area contributed by atoms with Gasteiger partial charge in [0.1, 0.15) is 0 Å². The van der Waals surface area contributed by atoms with Crippen molar-refractivity contribution in [2.45, 2.75) is 50.7 Å². The maximum absolute atomic E-state index is 10.2. The predicted molar refractivity (Wildman–Crippen MR) is 74.9 cm³/mol. The molecule has 0 spiro atoms. The van der Waals surface area contributed by atoms with Crippen molar-refractivity contribution < 1.29 is 5.11 Å². The SMILES string of the molecule is OC(Cc1ccn(C2CCCC2)n1)C1CCSC1. The first kappa shape index (κ1) is 12.5. The van der Waals surface area contributed by atoms with Crippen molar-refractivity contribution in [3.8, 4) is 0 Å². The van der Waals surface area contributed by atoms with Crippen LogP contribution >= 0.6 is 11.8 Å². The van der Waals surface area contributed by atoms with E-state index >= 15 is 0 Å². The van der Waals surface area contributed by atoms with Crippen LogP contribution in [0.15, 0.2) is 12.3 Å². The van der Waals surface area contributed by atoms with Crippen LogP contribution in [0.2, 0.25) is 0 Å². The summed E-state index contributed by atoms with van der Waals surface area (Å²) in [6.07, 6.45) is 8.99. The molecule has 1 aromatic heterocycles. The molecular weight excluding hydrogens is 244 g/mol. The molecule has 1 aliphatic heterocycles.